The summed E-state index contributed by atoms with van der Waals surface area (Å²) in [6.07, 6.45) is 3.76. The maximum absolute atomic E-state index is 4.68. The molecule has 0 fully saturated rings. The van der Waals surface area contributed by atoms with Crippen molar-refractivity contribution in [3.8, 4) is 0 Å². The first-order chi connectivity index (χ1) is 9.16. The molecular weight excluding hydrogens is 304 g/mol. The molecule has 0 saturated heterocycles. The van der Waals surface area contributed by atoms with Crippen LogP contribution in [0.5, 0.6) is 0 Å². The predicted octanol–water partition coefficient (Wildman–Crippen LogP) is 2.93. The van der Waals surface area contributed by atoms with Crippen molar-refractivity contribution in [1.82, 2.24) is 19.4 Å². The fraction of sp³-hybridized carbons (Fsp3) is 0.429. The third kappa shape index (κ3) is 2.32. The molecule has 1 aliphatic heterocycles. The van der Waals surface area contributed by atoms with Gasteiger partial charge in [0.15, 0.2) is 0 Å². The zero-order valence-corrected chi connectivity index (χ0v) is 12.8. The van der Waals surface area contributed by atoms with Gasteiger partial charge in [-0.05, 0) is 41.4 Å². The molecule has 4 nitrogen and oxygen atoms in total. The zero-order valence-electron chi connectivity index (χ0n) is 11.2. The Kier molecular flexibility index (Phi) is 3.41. The maximum atomic E-state index is 4.68. The van der Waals surface area contributed by atoms with E-state index < -0.39 is 0 Å². The molecule has 100 valence electrons. The predicted molar refractivity (Wildman–Crippen MR) is 77.7 cm³/mol. The van der Waals surface area contributed by atoms with Gasteiger partial charge >= 0.3 is 0 Å². The highest BCUT2D eigenvalue weighted by atomic mass is 79.9. The number of imidazole rings is 1. The van der Waals surface area contributed by atoms with Crippen LogP contribution in [0.1, 0.15) is 30.0 Å². The van der Waals surface area contributed by atoms with Gasteiger partial charge in [-0.1, -0.05) is 6.07 Å². The fourth-order valence-corrected chi connectivity index (χ4v) is 3.08. The van der Waals surface area contributed by atoms with Crippen molar-refractivity contribution in [1.29, 1.82) is 0 Å². The fourth-order valence-electron chi connectivity index (χ4n) is 2.63. The molecule has 5 heteroatoms. The van der Waals surface area contributed by atoms with Crippen molar-refractivity contribution in [3.05, 3.63) is 46.2 Å². The number of aromatic nitrogens is 3. The van der Waals surface area contributed by atoms with E-state index >= 15 is 0 Å². The lowest BCUT2D eigenvalue weighted by Gasteiger charge is -2.33. The number of halogens is 1. The van der Waals surface area contributed by atoms with Gasteiger partial charge < -0.3 is 4.57 Å². The Labute approximate surface area is 121 Å². The van der Waals surface area contributed by atoms with Crippen LogP contribution in [-0.2, 0) is 13.1 Å². The summed E-state index contributed by atoms with van der Waals surface area (Å²) in [4.78, 5) is 11.3. The van der Waals surface area contributed by atoms with Crippen LogP contribution in [0.4, 0.5) is 0 Å². The topological polar surface area (TPSA) is 34.0 Å². The minimum absolute atomic E-state index is 0.332. The third-order valence-corrected chi connectivity index (χ3v) is 4.74. The molecule has 0 aliphatic carbocycles. The van der Waals surface area contributed by atoms with Crippen LogP contribution in [0.2, 0.25) is 0 Å². The molecule has 1 aliphatic rings. The van der Waals surface area contributed by atoms with Crippen molar-refractivity contribution in [3.63, 3.8) is 0 Å². The van der Waals surface area contributed by atoms with E-state index in [0.29, 0.717) is 6.04 Å². The number of nitrogens with zero attached hydrogens (tertiary/aromatic N) is 4. The molecule has 1 atom stereocenters. The van der Waals surface area contributed by atoms with E-state index in [-0.39, 0.29) is 0 Å². The first-order valence-electron chi connectivity index (χ1n) is 6.52. The Hall–Kier alpha value is -1.20. The van der Waals surface area contributed by atoms with Crippen LogP contribution in [0.15, 0.2) is 29.1 Å². The van der Waals surface area contributed by atoms with Gasteiger partial charge in [-0.15, -0.1) is 0 Å². The molecule has 0 N–H and O–H groups in total. The number of aryl methyl sites for hydroxylation is 1. The van der Waals surface area contributed by atoms with Crippen molar-refractivity contribution in [2.45, 2.75) is 33.0 Å². The van der Waals surface area contributed by atoms with E-state index in [1.165, 1.54) is 5.56 Å². The van der Waals surface area contributed by atoms with Crippen LogP contribution >= 0.6 is 15.9 Å². The smallest absolute Gasteiger partial charge is 0.127 e. The summed E-state index contributed by atoms with van der Waals surface area (Å²) in [5, 5.41) is 0. The Bertz CT molecular complexity index is 579. The normalized spacial score (nSPS) is 19.4. The van der Waals surface area contributed by atoms with Crippen LogP contribution in [0, 0.1) is 6.92 Å². The van der Waals surface area contributed by atoms with Crippen LogP contribution in [0.3, 0.4) is 0 Å². The summed E-state index contributed by atoms with van der Waals surface area (Å²) in [6, 6.07) is 4.45. The van der Waals surface area contributed by atoms with Gasteiger partial charge in [0.1, 0.15) is 10.4 Å². The second-order valence-corrected chi connectivity index (χ2v) is 5.76. The van der Waals surface area contributed by atoms with Crippen molar-refractivity contribution >= 4 is 15.9 Å². The number of hydrogen-bond acceptors (Lipinski definition) is 3. The quantitative estimate of drug-likeness (QED) is 0.853. The van der Waals surface area contributed by atoms with Gasteiger partial charge in [-0.3, -0.25) is 9.88 Å². The van der Waals surface area contributed by atoms with Crippen molar-refractivity contribution in [2.75, 3.05) is 6.54 Å². The largest absolute Gasteiger partial charge is 0.320 e. The SMILES string of the molecule is Cc1nc2n(c1Br)CCN(Cc1cccnc1)C2C. The van der Waals surface area contributed by atoms with E-state index in [1.807, 2.05) is 25.4 Å². The van der Waals surface area contributed by atoms with Gasteiger partial charge in [0.2, 0.25) is 0 Å². The molecule has 0 radical (unpaired) electrons. The summed E-state index contributed by atoms with van der Waals surface area (Å²) in [5.74, 6) is 1.15. The number of hydrogen-bond donors (Lipinski definition) is 0. The van der Waals surface area contributed by atoms with Crippen LogP contribution in [0.25, 0.3) is 0 Å². The average Bonchev–Trinajstić information content (AvgIpc) is 2.71. The summed E-state index contributed by atoms with van der Waals surface area (Å²) >= 11 is 3.62. The number of pyridine rings is 1. The first-order valence-corrected chi connectivity index (χ1v) is 7.31. The van der Waals surface area contributed by atoms with Crippen LogP contribution < -0.4 is 0 Å². The molecule has 3 rings (SSSR count). The van der Waals surface area contributed by atoms with E-state index in [0.717, 1.165) is 35.8 Å². The lowest BCUT2D eigenvalue weighted by Crippen LogP contribution is -2.36. The molecule has 0 bridgehead atoms. The summed E-state index contributed by atoms with van der Waals surface area (Å²) < 4.78 is 3.40. The van der Waals surface area contributed by atoms with E-state index in [2.05, 4.69) is 48.4 Å². The molecule has 19 heavy (non-hydrogen) atoms. The molecule has 3 heterocycles. The lowest BCUT2D eigenvalue weighted by molar-refractivity contribution is 0.155. The highest BCUT2D eigenvalue weighted by Crippen LogP contribution is 2.30. The molecule has 2 aromatic heterocycles. The molecule has 0 aromatic carbocycles. The van der Waals surface area contributed by atoms with Gasteiger partial charge in [0.05, 0.1) is 11.7 Å². The molecule has 0 saturated carbocycles. The van der Waals surface area contributed by atoms with Crippen molar-refractivity contribution < 1.29 is 0 Å². The van der Waals surface area contributed by atoms with E-state index in [1.54, 1.807) is 0 Å². The molecular formula is C14H17BrN4. The highest BCUT2D eigenvalue weighted by Gasteiger charge is 2.27. The summed E-state index contributed by atoms with van der Waals surface area (Å²) in [7, 11) is 0. The maximum Gasteiger partial charge on any atom is 0.127 e. The first kappa shape index (κ1) is 12.8. The lowest BCUT2D eigenvalue weighted by atomic mass is 10.1. The van der Waals surface area contributed by atoms with E-state index in [9.17, 15) is 0 Å². The third-order valence-electron chi connectivity index (χ3n) is 3.74. The van der Waals surface area contributed by atoms with E-state index in [4.69, 9.17) is 0 Å². The molecule has 0 amide bonds. The molecule has 0 spiro atoms. The second kappa shape index (κ2) is 5.06. The standard InChI is InChI=1S/C14H17BrN4/c1-10-13(15)19-7-6-18(11(2)14(19)17-10)9-12-4-3-5-16-8-12/h3-5,8,11H,6-7,9H2,1-2H3. The van der Waals surface area contributed by atoms with Gasteiger partial charge in [-0.25, -0.2) is 4.98 Å². The molecule has 2 aromatic rings. The average molecular weight is 321 g/mol. The minimum Gasteiger partial charge on any atom is -0.320 e. The highest BCUT2D eigenvalue weighted by molar-refractivity contribution is 9.10. The number of fused-ring (bicyclic) bond motifs is 1. The Balaban J connectivity index is 1.84. The van der Waals surface area contributed by atoms with Gasteiger partial charge in [-0.2, -0.15) is 0 Å². The van der Waals surface area contributed by atoms with Crippen LogP contribution in [-0.4, -0.2) is 26.0 Å². The summed E-state index contributed by atoms with van der Waals surface area (Å²) in [5.41, 5.74) is 2.33. The Morgan fingerprint density at radius 2 is 2.26 bits per heavy atom. The minimum atomic E-state index is 0.332. The summed E-state index contributed by atoms with van der Waals surface area (Å²) in [6.45, 7) is 7.23. The Morgan fingerprint density at radius 3 is 3.00 bits per heavy atom. The zero-order chi connectivity index (χ0) is 13.4. The second-order valence-electron chi connectivity index (χ2n) is 5.01. The molecule has 1 unspecified atom stereocenters. The van der Waals surface area contributed by atoms with Crippen molar-refractivity contribution in [2.24, 2.45) is 0 Å². The van der Waals surface area contributed by atoms with Gasteiger partial charge in [0, 0.05) is 32.0 Å². The van der Waals surface area contributed by atoms with Gasteiger partial charge in [0.25, 0.3) is 0 Å². The monoisotopic (exact) mass is 320 g/mol. The number of rotatable bonds is 2. The Morgan fingerprint density at radius 1 is 1.42 bits per heavy atom.